The molecule has 4 aromatic rings. The number of nitrogens with one attached hydrogen (secondary N) is 1. The van der Waals surface area contributed by atoms with Crippen LogP contribution < -0.4 is 5.73 Å². The predicted molar refractivity (Wildman–Crippen MR) is 98.9 cm³/mol. The van der Waals surface area contributed by atoms with Gasteiger partial charge in [-0.1, -0.05) is 48.0 Å². The molecule has 0 amide bonds. The predicted octanol–water partition coefficient (Wildman–Crippen LogP) is 4.84. The van der Waals surface area contributed by atoms with Crippen LogP contribution in [0.4, 0.5) is 5.82 Å². The molecule has 2 aromatic carbocycles. The molecule has 0 fully saturated rings. The highest BCUT2D eigenvalue weighted by Gasteiger charge is 2.17. The van der Waals surface area contributed by atoms with Gasteiger partial charge in [0.25, 0.3) is 0 Å². The number of rotatable bonds is 2. The minimum atomic E-state index is 0.493. The van der Waals surface area contributed by atoms with Gasteiger partial charge < -0.3 is 5.73 Å². The van der Waals surface area contributed by atoms with Crippen LogP contribution in [0.5, 0.6) is 0 Å². The summed E-state index contributed by atoms with van der Waals surface area (Å²) in [7, 11) is 0. The molecule has 0 aliphatic heterocycles. The van der Waals surface area contributed by atoms with Crippen molar-refractivity contribution in [1.82, 2.24) is 15.2 Å². The first kappa shape index (κ1) is 14.7. The van der Waals surface area contributed by atoms with E-state index >= 15 is 0 Å². The van der Waals surface area contributed by atoms with Crippen molar-refractivity contribution < 1.29 is 0 Å². The third-order valence-electron chi connectivity index (χ3n) is 4.00. The molecular formula is C19H15ClN4. The van der Waals surface area contributed by atoms with Gasteiger partial charge in [0.15, 0.2) is 0 Å². The molecule has 0 spiro atoms. The topological polar surface area (TPSA) is 67.6 Å². The van der Waals surface area contributed by atoms with Crippen molar-refractivity contribution in [2.75, 3.05) is 5.73 Å². The number of benzene rings is 2. The van der Waals surface area contributed by atoms with Gasteiger partial charge in [0.05, 0.1) is 0 Å². The molecule has 0 aliphatic carbocycles. The van der Waals surface area contributed by atoms with E-state index in [0.717, 1.165) is 39.0 Å². The highest BCUT2D eigenvalue weighted by atomic mass is 35.5. The molecule has 2 heterocycles. The van der Waals surface area contributed by atoms with Crippen LogP contribution in [0, 0.1) is 6.92 Å². The Kier molecular flexibility index (Phi) is 3.47. The lowest BCUT2D eigenvalue weighted by Gasteiger charge is -2.13. The number of nitrogens with two attached hydrogens (primary N) is 1. The molecule has 3 N–H and O–H groups in total. The van der Waals surface area contributed by atoms with E-state index in [1.165, 1.54) is 0 Å². The van der Waals surface area contributed by atoms with Crippen LogP contribution in [0.3, 0.4) is 0 Å². The van der Waals surface area contributed by atoms with Crippen LogP contribution in [0.25, 0.3) is 33.3 Å². The average molecular weight is 335 g/mol. The van der Waals surface area contributed by atoms with Crippen LogP contribution in [0.1, 0.15) is 5.69 Å². The van der Waals surface area contributed by atoms with Crippen molar-refractivity contribution in [3.05, 3.63) is 65.3 Å². The standard InChI is InChI=1S/C19H15ClN4/c1-11-9-16(24-23-11)18-17(12-5-4-6-13(20)10-12)14-7-2-3-8-15(14)19(21)22-18/h2-10H,1H3,(H2,21,22)(H,23,24). The number of halogens is 1. The Hall–Kier alpha value is -2.85. The van der Waals surface area contributed by atoms with E-state index in [0.29, 0.717) is 10.8 Å². The Balaban J connectivity index is 2.13. The molecule has 0 atom stereocenters. The van der Waals surface area contributed by atoms with Gasteiger partial charge in [-0.05, 0) is 36.1 Å². The molecule has 0 aliphatic rings. The zero-order chi connectivity index (χ0) is 16.7. The number of hydrogen-bond donors (Lipinski definition) is 2. The van der Waals surface area contributed by atoms with E-state index in [9.17, 15) is 0 Å². The first-order valence-electron chi connectivity index (χ1n) is 7.60. The number of H-pyrrole nitrogens is 1. The Bertz CT molecular complexity index is 1050. The van der Waals surface area contributed by atoms with Crippen molar-refractivity contribution in [1.29, 1.82) is 0 Å². The fraction of sp³-hybridized carbons (Fsp3) is 0.0526. The van der Waals surface area contributed by atoms with E-state index in [4.69, 9.17) is 17.3 Å². The molecule has 0 bridgehead atoms. The van der Waals surface area contributed by atoms with Gasteiger partial charge in [-0.15, -0.1) is 0 Å². The molecule has 0 saturated carbocycles. The van der Waals surface area contributed by atoms with Crippen LogP contribution in [-0.4, -0.2) is 15.2 Å². The van der Waals surface area contributed by atoms with Crippen LogP contribution in [-0.2, 0) is 0 Å². The normalized spacial score (nSPS) is 11.1. The van der Waals surface area contributed by atoms with E-state index < -0.39 is 0 Å². The second-order valence-electron chi connectivity index (χ2n) is 5.71. The van der Waals surface area contributed by atoms with Crippen molar-refractivity contribution in [2.45, 2.75) is 6.92 Å². The summed E-state index contributed by atoms with van der Waals surface area (Å²) in [5.74, 6) is 0.493. The number of fused-ring (bicyclic) bond motifs is 1. The summed E-state index contributed by atoms with van der Waals surface area (Å²) in [6, 6.07) is 17.7. The lowest BCUT2D eigenvalue weighted by molar-refractivity contribution is 1.05. The summed E-state index contributed by atoms with van der Waals surface area (Å²) in [6.45, 7) is 1.96. The molecule has 5 heteroatoms. The maximum Gasteiger partial charge on any atom is 0.132 e. The Morgan fingerprint density at radius 1 is 1.00 bits per heavy atom. The zero-order valence-corrected chi connectivity index (χ0v) is 13.8. The van der Waals surface area contributed by atoms with Gasteiger partial charge in [0.1, 0.15) is 17.2 Å². The van der Waals surface area contributed by atoms with Gasteiger partial charge in [0, 0.05) is 21.7 Å². The third kappa shape index (κ3) is 2.41. The second kappa shape index (κ2) is 5.65. The van der Waals surface area contributed by atoms with Crippen LogP contribution in [0.15, 0.2) is 54.6 Å². The summed E-state index contributed by atoms with van der Waals surface area (Å²) in [4.78, 5) is 4.64. The van der Waals surface area contributed by atoms with Crippen LogP contribution in [0.2, 0.25) is 5.02 Å². The number of aromatic amines is 1. The van der Waals surface area contributed by atoms with Crippen molar-refractivity contribution in [3.63, 3.8) is 0 Å². The lowest BCUT2D eigenvalue weighted by atomic mass is 9.95. The summed E-state index contributed by atoms with van der Waals surface area (Å²) >= 11 is 6.21. The summed E-state index contributed by atoms with van der Waals surface area (Å²) in [6.07, 6.45) is 0. The first-order valence-corrected chi connectivity index (χ1v) is 7.98. The highest BCUT2D eigenvalue weighted by molar-refractivity contribution is 6.31. The van der Waals surface area contributed by atoms with Gasteiger partial charge in [0.2, 0.25) is 0 Å². The largest absolute Gasteiger partial charge is 0.383 e. The Morgan fingerprint density at radius 2 is 1.79 bits per heavy atom. The number of aromatic nitrogens is 3. The minimum Gasteiger partial charge on any atom is -0.383 e. The quantitative estimate of drug-likeness (QED) is 0.551. The SMILES string of the molecule is Cc1cc(-c2nc(N)c3ccccc3c2-c2cccc(Cl)c2)n[nH]1. The van der Waals surface area contributed by atoms with E-state index in [1.807, 2.05) is 61.5 Å². The fourth-order valence-electron chi connectivity index (χ4n) is 2.95. The molecule has 2 aromatic heterocycles. The monoisotopic (exact) mass is 334 g/mol. The lowest BCUT2D eigenvalue weighted by Crippen LogP contribution is -1.98. The average Bonchev–Trinajstić information content (AvgIpc) is 3.01. The van der Waals surface area contributed by atoms with Gasteiger partial charge >= 0.3 is 0 Å². The molecule has 4 nitrogen and oxygen atoms in total. The van der Waals surface area contributed by atoms with E-state index in [1.54, 1.807) is 0 Å². The van der Waals surface area contributed by atoms with Crippen molar-refractivity contribution in [3.8, 4) is 22.5 Å². The first-order chi connectivity index (χ1) is 11.6. The maximum absolute atomic E-state index is 6.21. The molecule has 118 valence electrons. The van der Waals surface area contributed by atoms with Gasteiger partial charge in [-0.2, -0.15) is 5.10 Å². The highest BCUT2D eigenvalue weighted by Crippen LogP contribution is 2.38. The smallest absolute Gasteiger partial charge is 0.132 e. The van der Waals surface area contributed by atoms with E-state index in [-0.39, 0.29) is 0 Å². The summed E-state index contributed by atoms with van der Waals surface area (Å²) in [5.41, 5.74) is 10.7. The Labute approximate surface area is 144 Å². The number of hydrogen-bond acceptors (Lipinski definition) is 3. The molecule has 0 radical (unpaired) electrons. The van der Waals surface area contributed by atoms with Crippen molar-refractivity contribution in [2.24, 2.45) is 0 Å². The molecule has 24 heavy (non-hydrogen) atoms. The number of nitrogen functional groups attached to an aromatic ring is 1. The molecule has 4 rings (SSSR count). The summed E-state index contributed by atoms with van der Waals surface area (Å²) < 4.78 is 0. The van der Waals surface area contributed by atoms with Crippen LogP contribution >= 0.6 is 11.6 Å². The molecule has 0 unspecified atom stereocenters. The second-order valence-corrected chi connectivity index (χ2v) is 6.15. The number of aryl methyl sites for hydroxylation is 1. The third-order valence-corrected chi connectivity index (χ3v) is 4.24. The number of pyridine rings is 1. The maximum atomic E-state index is 6.21. The number of anilines is 1. The zero-order valence-electron chi connectivity index (χ0n) is 13.0. The minimum absolute atomic E-state index is 0.493. The van der Waals surface area contributed by atoms with Gasteiger partial charge in [-0.3, -0.25) is 5.10 Å². The van der Waals surface area contributed by atoms with Gasteiger partial charge in [-0.25, -0.2) is 4.98 Å². The fourth-order valence-corrected chi connectivity index (χ4v) is 3.14. The Morgan fingerprint density at radius 3 is 2.50 bits per heavy atom. The van der Waals surface area contributed by atoms with Crippen molar-refractivity contribution >= 4 is 28.2 Å². The number of nitrogens with zero attached hydrogens (tertiary/aromatic N) is 2. The molecule has 0 saturated heterocycles. The van der Waals surface area contributed by atoms with E-state index in [2.05, 4.69) is 15.2 Å². The molecular weight excluding hydrogens is 320 g/mol. The summed E-state index contributed by atoms with van der Waals surface area (Å²) in [5, 5.41) is 9.96.